The van der Waals surface area contributed by atoms with Crippen LogP contribution in [0.4, 0.5) is 5.82 Å². The van der Waals surface area contributed by atoms with Crippen molar-refractivity contribution in [3.05, 3.63) is 42.1 Å². The number of hydrogen-bond acceptors (Lipinski definition) is 5. The molecule has 0 aliphatic carbocycles. The van der Waals surface area contributed by atoms with Gasteiger partial charge in [0.05, 0.1) is 6.54 Å². The highest BCUT2D eigenvalue weighted by molar-refractivity contribution is 7.90. The maximum absolute atomic E-state index is 12.1. The van der Waals surface area contributed by atoms with Crippen LogP contribution in [-0.4, -0.2) is 48.4 Å². The number of nitrogens with one attached hydrogen (secondary N) is 1. The van der Waals surface area contributed by atoms with Crippen LogP contribution in [-0.2, 0) is 21.9 Å². The van der Waals surface area contributed by atoms with E-state index in [1.807, 2.05) is 0 Å². The number of fused-ring (bicyclic) bond motifs is 1. The first-order valence-corrected chi connectivity index (χ1v) is 8.26. The van der Waals surface area contributed by atoms with Crippen molar-refractivity contribution in [3.63, 3.8) is 0 Å². The van der Waals surface area contributed by atoms with Crippen molar-refractivity contribution in [1.29, 1.82) is 0 Å². The molecule has 23 heavy (non-hydrogen) atoms. The molecular weight excluding hydrogens is 318 g/mol. The van der Waals surface area contributed by atoms with E-state index in [1.165, 1.54) is 11.0 Å². The quantitative estimate of drug-likeness (QED) is 0.879. The summed E-state index contributed by atoms with van der Waals surface area (Å²) in [6.07, 6.45) is 1.71. The molecule has 120 valence electrons. The van der Waals surface area contributed by atoms with Gasteiger partial charge in [-0.2, -0.15) is 13.5 Å². The lowest BCUT2D eigenvalue weighted by Crippen LogP contribution is -2.35. The van der Waals surface area contributed by atoms with Crippen LogP contribution in [0.3, 0.4) is 0 Å². The topological polar surface area (TPSA) is 96.7 Å². The minimum absolute atomic E-state index is 0.0424. The highest BCUT2D eigenvalue weighted by Crippen LogP contribution is 2.26. The fourth-order valence-electron chi connectivity index (χ4n) is 2.32. The summed E-state index contributed by atoms with van der Waals surface area (Å²) >= 11 is 0. The van der Waals surface area contributed by atoms with Crippen molar-refractivity contribution < 1.29 is 13.2 Å². The van der Waals surface area contributed by atoms with Gasteiger partial charge in [0.1, 0.15) is 4.90 Å². The van der Waals surface area contributed by atoms with Gasteiger partial charge < -0.3 is 10.2 Å². The first kappa shape index (κ1) is 15.2. The van der Waals surface area contributed by atoms with E-state index in [0.29, 0.717) is 11.4 Å². The third-order valence-corrected chi connectivity index (χ3v) is 4.66. The standard InChI is InChI=1S/C14H15N5O3S/c1-18(9-13(20)15-12-7-8-19(2)16-12)14-10-5-3-4-6-11(10)23(21,22)17-14/h3-8H,9H2,1-2H3,(H,15,16,20). The molecule has 9 heteroatoms. The Morgan fingerprint density at radius 1 is 1.30 bits per heavy atom. The number of aromatic nitrogens is 2. The van der Waals surface area contributed by atoms with Crippen LogP contribution in [0.5, 0.6) is 0 Å². The Bertz CT molecular complexity index is 901. The van der Waals surface area contributed by atoms with Gasteiger partial charge in [0.15, 0.2) is 11.7 Å². The second-order valence-electron chi connectivity index (χ2n) is 5.17. The summed E-state index contributed by atoms with van der Waals surface area (Å²) in [6, 6.07) is 8.22. The first-order valence-electron chi connectivity index (χ1n) is 6.82. The van der Waals surface area contributed by atoms with Gasteiger partial charge in [-0.15, -0.1) is 4.40 Å². The predicted molar refractivity (Wildman–Crippen MR) is 84.6 cm³/mol. The third kappa shape index (κ3) is 2.95. The number of benzene rings is 1. The normalized spacial score (nSPS) is 15.0. The maximum atomic E-state index is 12.1. The lowest BCUT2D eigenvalue weighted by molar-refractivity contribution is -0.116. The SMILES string of the molecule is CN(CC(=O)Nc1ccn(C)n1)C1=NS(=O)(=O)c2ccccc21. The van der Waals surface area contributed by atoms with Crippen molar-refractivity contribution in [3.8, 4) is 0 Å². The zero-order valence-corrected chi connectivity index (χ0v) is 13.4. The van der Waals surface area contributed by atoms with E-state index < -0.39 is 10.0 Å². The molecule has 3 rings (SSSR count). The van der Waals surface area contributed by atoms with Gasteiger partial charge in [-0.1, -0.05) is 12.1 Å². The van der Waals surface area contributed by atoms with Gasteiger partial charge >= 0.3 is 0 Å². The lowest BCUT2D eigenvalue weighted by Gasteiger charge is -2.18. The fraction of sp³-hybridized carbons (Fsp3) is 0.214. The number of amides is 1. The van der Waals surface area contributed by atoms with Crippen molar-refractivity contribution in [2.24, 2.45) is 11.4 Å². The Balaban J connectivity index is 1.76. The molecule has 1 aromatic heterocycles. The Labute approximate surface area is 133 Å². The first-order chi connectivity index (χ1) is 10.9. The molecule has 2 heterocycles. The van der Waals surface area contributed by atoms with Crippen LogP contribution in [0.2, 0.25) is 0 Å². The van der Waals surface area contributed by atoms with E-state index in [2.05, 4.69) is 14.8 Å². The van der Waals surface area contributed by atoms with E-state index in [0.717, 1.165) is 0 Å². The molecule has 1 amide bonds. The highest BCUT2D eigenvalue weighted by Gasteiger charge is 2.30. The summed E-state index contributed by atoms with van der Waals surface area (Å²) in [5, 5.41) is 6.70. The van der Waals surface area contributed by atoms with Gasteiger partial charge in [0.2, 0.25) is 5.91 Å². The predicted octanol–water partition coefficient (Wildman–Crippen LogP) is 0.439. The fourth-order valence-corrected chi connectivity index (χ4v) is 3.57. The molecule has 8 nitrogen and oxygen atoms in total. The number of anilines is 1. The molecule has 1 N–H and O–H groups in total. The van der Waals surface area contributed by atoms with E-state index in [9.17, 15) is 13.2 Å². The number of rotatable bonds is 3. The van der Waals surface area contributed by atoms with Gasteiger partial charge in [-0.05, 0) is 12.1 Å². The molecule has 1 aromatic carbocycles. The number of carbonyl (C=O) groups excluding carboxylic acids is 1. The molecule has 0 atom stereocenters. The summed E-state index contributed by atoms with van der Waals surface area (Å²) in [5.74, 6) is 0.389. The minimum Gasteiger partial charge on any atom is -0.349 e. The molecule has 1 aliphatic rings. The molecule has 0 spiro atoms. The highest BCUT2D eigenvalue weighted by atomic mass is 32.2. The van der Waals surface area contributed by atoms with Crippen LogP contribution in [0.15, 0.2) is 45.8 Å². The number of amidine groups is 1. The molecular formula is C14H15N5O3S. The van der Waals surface area contributed by atoms with Gasteiger partial charge in [-0.3, -0.25) is 9.48 Å². The van der Waals surface area contributed by atoms with E-state index >= 15 is 0 Å². The summed E-state index contributed by atoms with van der Waals surface area (Å²) in [6.45, 7) is -0.0424. The second-order valence-corrected chi connectivity index (χ2v) is 6.74. The van der Waals surface area contributed by atoms with Gasteiger partial charge in [0.25, 0.3) is 10.0 Å². The molecule has 0 unspecified atom stereocenters. The second kappa shape index (κ2) is 5.51. The Morgan fingerprint density at radius 2 is 2.04 bits per heavy atom. The largest absolute Gasteiger partial charge is 0.349 e. The molecule has 0 bridgehead atoms. The monoisotopic (exact) mass is 333 g/mol. The number of aryl methyl sites for hydroxylation is 1. The molecule has 0 radical (unpaired) electrons. The van der Waals surface area contributed by atoms with E-state index in [-0.39, 0.29) is 23.2 Å². The smallest absolute Gasteiger partial charge is 0.285 e. The summed E-state index contributed by atoms with van der Waals surface area (Å²) in [7, 11) is -0.326. The molecule has 0 saturated carbocycles. The molecule has 0 saturated heterocycles. The van der Waals surface area contributed by atoms with Crippen molar-refractivity contribution in [2.75, 3.05) is 18.9 Å². The lowest BCUT2D eigenvalue weighted by atomic mass is 10.2. The number of sulfonamides is 1. The van der Waals surface area contributed by atoms with Crippen molar-refractivity contribution in [2.45, 2.75) is 4.90 Å². The molecule has 1 aliphatic heterocycles. The van der Waals surface area contributed by atoms with Crippen LogP contribution < -0.4 is 5.32 Å². The van der Waals surface area contributed by atoms with Crippen LogP contribution in [0.25, 0.3) is 0 Å². The Kier molecular flexibility index (Phi) is 3.64. The number of hydrogen-bond donors (Lipinski definition) is 1. The molecule has 0 fully saturated rings. The number of carbonyl (C=O) groups is 1. The van der Waals surface area contributed by atoms with Crippen molar-refractivity contribution in [1.82, 2.24) is 14.7 Å². The zero-order chi connectivity index (χ0) is 16.6. The average Bonchev–Trinajstić information content (AvgIpc) is 3.01. The maximum Gasteiger partial charge on any atom is 0.285 e. The van der Waals surface area contributed by atoms with Crippen LogP contribution in [0, 0.1) is 0 Å². The zero-order valence-electron chi connectivity index (χ0n) is 12.6. The minimum atomic E-state index is -3.69. The van der Waals surface area contributed by atoms with Crippen LogP contribution in [0.1, 0.15) is 5.56 Å². The Hall–Kier alpha value is -2.68. The number of nitrogens with zero attached hydrogens (tertiary/aromatic N) is 4. The summed E-state index contributed by atoms with van der Waals surface area (Å²) in [4.78, 5) is 13.7. The summed E-state index contributed by atoms with van der Waals surface area (Å²) < 4.78 is 29.4. The van der Waals surface area contributed by atoms with E-state index in [4.69, 9.17) is 0 Å². The van der Waals surface area contributed by atoms with Crippen LogP contribution >= 0.6 is 0 Å². The Morgan fingerprint density at radius 3 is 2.74 bits per heavy atom. The average molecular weight is 333 g/mol. The van der Waals surface area contributed by atoms with E-state index in [1.54, 1.807) is 49.2 Å². The summed E-state index contributed by atoms with van der Waals surface area (Å²) in [5.41, 5.74) is 0.501. The van der Waals surface area contributed by atoms with Gasteiger partial charge in [-0.25, -0.2) is 0 Å². The third-order valence-electron chi connectivity index (χ3n) is 3.34. The van der Waals surface area contributed by atoms with Crippen molar-refractivity contribution >= 4 is 27.6 Å². The van der Waals surface area contributed by atoms with Gasteiger partial charge in [0, 0.05) is 31.9 Å². The number of likely N-dealkylation sites (N-methyl/N-ethyl adjacent to an activating group) is 1. The molecule has 2 aromatic rings.